The van der Waals surface area contributed by atoms with Crippen molar-refractivity contribution in [1.29, 1.82) is 5.41 Å². The van der Waals surface area contributed by atoms with Gasteiger partial charge >= 0.3 is 0 Å². The second-order valence-corrected chi connectivity index (χ2v) is 10.7. The molecule has 0 saturated heterocycles. The number of sulfonamides is 1. The highest BCUT2D eigenvalue weighted by molar-refractivity contribution is 7.92. The molecule has 6 N–H and O–H groups in total. The van der Waals surface area contributed by atoms with Crippen molar-refractivity contribution in [2.24, 2.45) is 11.5 Å². The molecule has 2 aromatic carbocycles. The smallest absolute Gasteiger partial charge is 0.255 e. The van der Waals surface area contributed by atoms with Crippen LogP contribution in [0.5, 0.6) is 5.75 Å². The van der Waals surface area contributed by atoms with Crippen LogP contribution in [0.1, 0.15) is 34.1 Å². The van der Waals surface area contributed by atoms with E-state index in [1.165, 1.54) is 31.2 Å². The van der Waals surface area contributed by atoms with Crippen LogP contribution in [0.4, 0.5) is 5.69 Å². The van der Waals surface area contributed by atoms with Crippen molar-refractivity contribution in [3.63, 3.8) is 0 Å². The fourth-order valence-electron chi connectivity index (χ4n) is 3.42. The maximum atomic E-state index is 13.1. The van der Waals surface area contributed by atoms with Crippen molar-refractivity contribution in [1.82, 2.24) is 10.3 Å². The summed E-state index contributed by atoms with van der Waals surface area (Å²) in [6.07, 6.45) is 1.56. The first kappa shape index (κ1) is 28.4. The summed E-state index contributed by atoms with van der Waals surface area (Å²) < 4.78 is 32.4. The van der Waals surface area contributed by atoms with Gasteiger partial charge in [0.15, 0.2) is 6.61 Å². The van der Waals surface area contributed by atoms with Crippen molar-refractivity contribution in [3.8, 4) is 5.75 Å². The zero-order valence-corrected chi connectivity index (χ0v) is 22.1. The van der Waals surface area contributed by atoms with Gasteiger partial charge in [-0.2, -0.15) is 0 Å². The summed E-state index contributed by atoms with van der Waals surface area (Å²) in [6.45, 7) is 1.06. The van der Waals surface area contributed by atoms with Gasteiger partial charge in [-0.15, -0.1) is 0 Å². The molecule has 0 aliphatic heterocycles. The van der Waals surface area contributed by atoms with Gasteiger partial charge in [0.2, 0.25) is 10.0 Å². The molecular formula is C25H27ClN6O5S. The van der Waals surface area contributed by atoms with Gasteiger partial charge in [0.25, 0.3) is 11.8 Å². The van der Waals surface area contributed by atoms with Gasteiger partial charge in [-0.3, -0.25) is 24.3 Å². The number of rotatable bonds is 12. The van der Waals surface area contributed by atoms with Crippen LogP contribution in [-0.2, 0) is 27.9 Å². The zero-order chi connectivity index (χ0) is 27.9. The van der Waals surface area contributed by atoms with Gasteiger partial charge in [-0.1, -0.05) is 29.8 Å². The zero-order valence-electron chi connectivity index (χ0n) is 20.5. The van der Waals surface area contributed by atoms with Crippen molar-refractivity contribution >= 4 is 45.0 Å². The van der Waals surface area contributed by atoms with Gasteiger partial charge < -0.3 is 21.5 Å². The minimum Gasteiger partial charge on any atom is -0.483 e. The van der Waals surface area contributed by atoms with Gasteiger partial charge in [0.05, 0.1) is 23.7 Å². The SMILES string of the molecule is CCS(=O)(=O)N(Cc1ccccn1)c1cc(Cl)cc(C(=O)NCc2ccc(C(=N)N)cc2OCC(N)=O)c1. The fourth-order valence-corrected chi connectivity index (χ4v) is 4.72. The molecule has 38 heavy (non-hydrogen) atoms. The van der Waals surface area contributed by atoms with E-state index in [0.717, 1.165) is 4.31 Å². The summed E-state index contributed by atoms with van der Waals surface area (Å²) in [5, 5.41) is 10.5. The van der Waals surface area contributed by atoms with Crippen LogP contribution in [0.25, 0.3) is 0 Å². The third kappa shape index (κ3) is 7.43. The third-order valence-electron chi connectivity index (χ3n) is 5.35. The number of benzene rings is 2. The van der Waals surface area contributed by atoms with E-state index in [2.05, 4.69) is 10.3 Å². The van der Waals surface area contributed by atoms with Crippen LogP contribution in [0.2, 0.25) is 5.02 Å². The Hall–Kier alpha value is -4.16. The summed E-state index contributed by atoms with van der Waals surface area (Å²) in [5.74, 6) is -1.38. The Bertz CT molecular complexity index is 1450. The number of hydrogen-bond acceptors (Lipinski definition) is 7. The number of carbonyl (C=O) groups is 2. The molecule has 0 saturated carbocycles. The van der Waals surface area contributed by atoms with Crippen LogP contribution < -0.4 is 25.8 Å². The molecule has 11 nitrogen and oxygen atoms in total. The van der Waals surface area contributed by atoms with Crippen LogP contribution in [-0.4, -0.2) is 43.4 Å². The quantitative estimate of drug-likeness (QED) is 0.194. The average Bonchev–Trinajstić information content (AvgIpc) is 2.89. The van der Waals surface area contributed by atoms with Crippen LogP contribution >= 0.6 is 11.6 Å². The molecule has 0 unspecified atom stereocenters. The molecule has 1 heterocycles. The van der Waals surface area contributed by atoms with Crippen molar-refractivity contribution < 1.29 is 22.7 Å². The molecule has 13 heteroatoms. The van der Waals surface area contributed by atoms with Gasteiger partial charge in [0, 0.05) is 34.5 Å². The van der Waals surface area contributed by atoms with Crippen LogP contribution in [0.3, 0.4) is 0 Å². The standard InChI is InChI=1S/C25H27ClN6O5S/c1-2-38(35,36)32(14-20-5-3-4-8-30-20)21-10-18(9-19(26)12-21)25(34)31-13-17-7-6-16(24(28)29)11-22(17)37-15-23(27)33/h3-12H,2,13-15H2,1H3,(H2,27,33)(H3,28,29)(H,31,34). The van der Waals surface area contributed by atoms with E-state index in [9.17, 15) is 18.0 Å². The third-order valence-corrected chi connectivity index (χ3v) is 7.31. The molecule has 3 aromatic rings. The summed E-state index contributed by atoms with van der Waals surface area (Å²) >= 11 is 6.28. The maximum Gasteiger partial charge on any atom is 0.255 e. The summed E-state index contributed by atoms with van der Waals surface area (Å²) in [7, 11) is -3.73. The largest absolute Gasteiger partial charge is 0.483 e. The number of hydrogen-bond donors (Lipinski definition) is 4. The monoisotopic (exact) mass is 558 g/mol. The first-order valence-corrected chi connectivity index (χ1v) is 13.4. The van der Waals surface area contributed by atoms with Crippen LogP contribution in [0.15, 0.2) is 60.8 Å². The van der Waals surface area contributed by atoms with E-state index in [4.69, 9.17) is 33.2 Å². The number of carbonyl (C=O) groups excluding carboxylic acids is 2. The number of nitrogen functional groups attached to an aromatic ring is 1. The second-order valence-electron chi connectivity index (χ2n) is 8.10. The first-order valence-electron chi connectivity index (χ1n) is 11.4. The van der Waals surface area contributed by atoms with Crippen LogP contribution in [0, 0.1) is 5.41 Å². The van der Waals surface area contributed by atoms with Crippen molar-refractivity contribution in [2.75, 3.05) is 16.7 Å². The Balaban J connectivity index is 1.87. The normalized spacial score (nSPS) is 11.0. The number of aromatic nitrogens is 1. The Morgan fingerprint density at radius 1 is 1.11 bits per heavy atom. The van der Waals surface area contributed by atoms with Crippen molar-refractivity contribution in [2.45, 2.75) is 20.0 Å². The van der Waals surface area contributed by atoms with E-state index < -0.39 is 28.4 Å². The highest BCUT2D eigenvalue weighted by atomic mass is 35.5. The predicted molar refractivity (Wildman–Crippen MR) is 145 cm³/mol. The second kappa shape index (κ2) is 12.4. The van der Waals surface area contributed by atoms with Gasteiger partial charge in [-0.05, 0) is 43.3 Å². The minimum absolute atomic E-state index is 0.0160. The number of ether oxygens (including phenoxy) is 1. The molecule has 0 fully saturated rings. The maximum absolute atomic E-state index is 13.1. The number of primary amides is 1. The first-order chi connectivity index (χ1) is 18.0. The lowest BCUT2D eigenvalue weighted by Gasteiger charge is -2.24. The molecule has 0 spiro atoms. The minimum atomic E-state index is -3.73. The molecule has 0 bridgehead atoms. The topological polar surface area (TPSA) is 182 Å². The lowest BCUT2D eigenvalue weighted by atomic mass is 10.1. The van der Waals surface area contributed by atoms with Gasteiger partial charge in [-0.25, -0.2) is 8.42 Å². The number of pyridine rings is 1. The fraction of sp³-hybridized carbons (Fsp3) is 0.200. The van der Waals surface area contributed by atoms with E-state index in [0.29, 0.717) is 16.8 Å². The molecule has 1 aromatic heterocycles. The molecule has 200 valence electrons. The molecule has 2 amide bonds. The lowest BCUT2D eigenvalue weighted by molar-refractivity contribution is -0.119. The number of amides is 2. The summed E-state index contributed by atoms with van der Waals surface area (Å²) in [4.78, 5) is 28.4. The average molecular weight is 559 g/mol. The summed E-state index contributed by atoms with van der Waals surface area (Å²) in [6, 6.07) is 14.1. The molecule has 0 aliphatic carbocycles. The lowest BCUT2D eigenvalue weighted by Crippen LogP contribution is -2.32. The summed E-state index contributed by atoms with van der Waals surface area (Å²) in [5.41, 5.74) is 12.4. The highest BCUT2D eigenvalue weighted by Crippen LogP contribution is 2.27. The Kier molecular flexibility index (Phi) is 9.26. The van der Waals surface area contributed by atoms with E-state index in [-0.39, 0.29) is 46.7 Å². The van der Waals surface area contributed by atoms with Crippen molar-refractivity contribution in [3.05, 3.63) is 88.2 Å². The predicted octanol–water partition coefficient (Wildman–Crippen LogP) is 2.17. The molecule has 0 radical (unpaired) electrons. The van der Waals surface area contributed by atoms with E-state index in [1.54, 1.807) is 36.5 Å². The number of amidine groups is 1. The number of nitrogens with zero attached hydrogens (tertiary/aromatic N) is 2. The number of halogens is 1. The number of nitrogens with two attached hydrogens (primary N) is 2. The Labute approximate surface area is 225 Å². The number of anilines is 1. The molecule has 0 aliphatic rings. The van der Waals surface area contributed by atoms with E-state index >= 15 is 0 Å². The molecular weight excluding hydrogens is 532 g/mol. The molecule has 0 atom stereocenters. The Morgan fingerprint density at radius 2 is 1.87 bits per heavy atom. The molecule has 3 rings (SSSR count). The van der Waals surface area contributed by atoms with Gasteiger partial charge in [0.1, 0.15) is 11.6 Å². The van der Waals surface area contributed by atoms with E-state index in [1.807, 2.05) is 0 Å². The highest BCUT2D eigenvalue weighted by Gasteiger charge is 2.23. The Morgan fingerprint density at radius 3 is 2.50 bits per heavy atom. The number of nitrogens with one attached hydrogen (secondary N) is 2.